The van der Waals surface area contributed by atoms with E-state index >= 15 is 0 Å². The Bertz CT molecular complexity index is 688. The number of fused-ring (bicyclic) bond motifs is 3. The fraction of sp³-hybridized carbons (Fsp3) is 0.429. The van der Waals surface area contributed by atoms with Crippen LogP contribution in [0.2, 0.25) is 0 Å². The Hall–Kier alpha value is -1.84. The van der Waals surface area contributed by atoms with E-state index < -0.39 is 0 Å². The summed E-state index contributed by atoms with van der Waals surface area (Å²) in [4.78, 5) is 12.0. The van der Waals surface area contributed by atoms with Crippen LogP contribution in [0, 0.1) is 5.92 Å². The first-order valence-electron chi connectivity index (χ1n) is 6.69. The van der Waals surface area contributed by atoms with E-state index in [-0.39, 0.29) is 0 Å². The Morgan fingerprint density at radius 3 is 3.06 bits per heavy atom. The third kappa shape index (κ3) is 1.45. The van der Waals surface area contributed by atoms with Gasteiger partial charge < -0.3 is 9.55 Å². The van der Waals surface area contributed by atoms with Crippen molar-refractivity contribution in [3.05, 3.63) is 24.8 Å². The van der Waals surface area contributed by atoms with Crippen LogP contribution in [0.25, 0.3) is 22.1 Å². The Labute approximate surface area is 105 Å². The van der Waals surface area contributed by atoms with Gasteiger partial charge in [0.25, 0.3) is 0 Å². The maximum atomic E-state index is 4.48. The smallest absolute Gasteiger partial charge is 0.139 e. The van der Waals surface area contributed by atoms with Crippen LogP contribution in [0.15, 0.2) is 24.8 Å². The molecule has 0 aliphatic heterocycles. The summed E-state index contributed by atoms with van der Waals surface area (Å²) in [6, 6.07) is 2.09. The molecular formula is C14H16N4. The lowest BCUT2D eigenvalue weighted by Gasteiger charge is -2.10. The number of imidazole rings is 1. The van der Waals surface area contributed by atoms with Gasteiger partial charge in [-0.3, -0.25) is 0 Å². The maximum absolute atomic E-state index is 4.48. The van der Waals surface area contributed by atoms with Crippen molar-refractivity contribution in [2.24, 2.45) is 5.92 Å². The molecule has 0 atom stereocenters. The highest BCUT2D eigenvalue weighted by atomic mass is 15.1. The van der Waals surface area contributed by atoms with Gasteiger partial charge in [0.2, 0.25) is 0 Å². The predicted octanol–water partition coefficient (Wildman–Crippen LogP) is 3.10. The summed E-state index contributed by atoms with van der Waals surface area (Å²) in [7, 11) is 0. The second-order valence-corrected chi connectivity index (χ2v) is 5.28. The van der Waals surface area contributed by atoms with Gasteiger partial charge in [0.05, 0.1) is 18.0 Å². The number of rotatable bonds is 2. The van der Waals surface area contributed by atoms with Crippen LogP contribution < -0.4 is 0 Å². The van der Waals surface area contributed by atoms with E-state index in [4.69, 9.17) is 0 Å². The van der Waals surface area contributed by atoms with E-state index in [1.165, 1.54) is 36.6 Å². The molecule has 4 rings (SSSR count). The summed E-state index contributed by atoms with van der Waals surface area (Å²) in [5, 5.41) is 1.18. The molecule has 0 bridgehead atoms. The molecule has 0 aromatic carbocycles. The number of aromatic nitrogens is 4. The van der Waals surface area contributed by atoms with Crippen molar-refractivity contribution in [1.82, 2.24) is 19.5 Å². The van der Waals surface area contributed by atoms with Crippen LogP contribution in [-0.4, -0.2) is 19.5 Å². The highest BCUT2D eigenvalue weighted by molar-refractivity contribution is 6.00. The molecule has 1 saturated carbocycles. The lowest BCUT2D eigenvalue weighted by Crippen LogP contribution is -2.06. The summed E-state index contributed by atoms with van der Waals surface area (Å²) in [5.74, 6) is 0.824. The Kier molecular flexibility index (Phi) is 2.15. The number of aromatic amines is 1. The molecule has 3 aromatic heterocycles. The van der Waals surface area contributed by atoms with Gasteiger partial charge in [0, 0.05) is 18.1 Å². The monoisotopic (exact) mass is 240 g/mol. The zero-order valence-corrected chi connectivity index (χ0v) is 10.3. The minimum atomic E-state index is 0.824. The summed E-state index contributed by atoms with van der Waals surface area (Å²) in [6.45, 7) is 1.10. The molecule has 0 saturated heterocycles. The van der Waals surface area contributed by atoms with Crippen molar-refractivity contribution >= 4 is 22.1 Å². The summed E-state index contributed by atoms with van der Waals surface area (Å²) >= 11 is 0. The minimum absolute atomic E-state index is 0.824. The molecule has 0 unspecified atom stereocenters. The van der Waals surface area contributed by atoms with Crippen LogP contribution in [0.3, 0.4) is 0 Å². The van der Waals surface area contributed by atoms with E-state index in [0.717, 1.165) is 23.6 Å². The number of nitrogens with one attached hydrogen (secondary N) is 1. The molecule has 3 aromatic rings. The fourth-order valence-electron chi connectivity index (χ4n) is 3.18. The summed E-state index contributed by atoms with van der Waals surface area (Å²) in [6.07, 6.45) is 11.3. The standard InChI is InChI=1S/C14H16N4/c1-2-4-10(3-1)8-18-9-17-12-7-16-14-11(13(12)18)5-6-15-14/h5-7,9-10H,1-4,8H2,(H,15,16). The number of hydrogen-bond donors (Lipinski definition) is 1. The normalized spacial score (nSPS) is 17.1. The van der Waals surface area contributed by atoms with Gasteiger partial charge in [0.15, 0.2) is 0 Å². The van der Waals surface area contributed by atoms with E-state index in [9.17, 15) is 0 Å². The Balaban J connectivity index is 1.86. The quantitative estimate of drug-likeness (QED) is 0.748. The van der Waals surface area contributed by atoms with Crippen molar-refractivity contribution in [2.45, 2.75) is 32.2 Å². The lowest BCUT2D eigenvalue weighted by atomic mass is 10.1. The molecule has 4 nitrogen and oxygen atoms in total. The molecule has 1 N–H and O–H groups in total. The lowest BCUT2D eigenvalue weighted by molar-refractivity contribution is 0.465. The van der Waals surface area contributed by atoms with Crippen molar-refractivity contribution in [2.75, 3.05) is 0 Å². The van der Waals surface area contributed by atoms with Crippen LogP contribution in [-0.2, 0) is 6.54 Å². The molecule has 92 valence electrons. The molecule has 1 fully saturated rings. The molecule has 1 aliphatic rings. The molecule has 0 spiro atoms. The van der Waals surface area contributed by atoms with Gasteiger partial charge in [-0.15, -0.1) is 0 Å². The van der Waals surface area contributed by atoms with Crippen molar-refractivity contribution in [3.63, 3.8) is 0 Å². The Morgan fingerprint density at radius 2 is 2.17 bits per heavy atom. The SMILES string of the molecule is c1cc2c(ncc3ncn(CC4CCCC4)c32)[nH]1. The summed E-state index contributed by atoms with van der Waals surface area (Å²) < 4.78 is 2.31. The second-order valence-electron chi connectivity index (χ2n) is 5.28. The van der Waals surface area contributed by atoms with Gasteiger partial charge >= 0.3 is 0 Å². The van der Waals surface area contributed by atoms with Crippen LogP contribution in [0.4, 0.5) is 0 Å². The predicted molar refractivity (Wildman–Crippen MR) is 71.3 cm³/mol. The third-order valence-electron chi connectivity index (χ3n) is 4.09. The fourth-order valence-corrected chi connectivity index (χ4v) is 3.18. The first kappa shape index (κ1) is 10.1. The average molecular weight is 240 g/mol. The van der Waals surface area contributed by atoms with E-state index in [2.05, 4.69) is 25.6 Å². The molecule has 18 heavy (non-hydrogen) atoms. The first-order chi connectivity index (χ1) is 8.92. The summed E-state index contributed by atoms with van der Waals surface area (Å²) in [5.41, 5.74) is 3.18. The Morgan fingerprint density at radius 1 is 1.28 bits per heavy atom. The molecule has 3 heterocycles. The number of nitrogens with zero attached hydrogens (tertiary/aromatic N) is 3. The number of pyridine rings is 1. The van der Waals surface area contributed by atoms with E-state index in [1.807, 2.05) is 18.7 Å². The van der Waals surface area contributed by atoms with Crippen LogP contribution >= 0.6 is 0 Å². The third-order valence-corrected chi connectivity index (χ3v) is 4.09. The van der Waals surface area contributed by atoms with Crippen molar-refractivity contribution in [3.8, 4) is 0 Å². The van der Waals surface area contributed by atoms with Crippen molar-refractivity contribution in [1.29, 1.82) is 0 Å². The molecule has 1 aliphatic carbocycles. The topological polar surface area (TPSA) is 46.5 Å². The van der Waals surface area contributed by atoms with E-state index in [0.29, 0.717) is 0 Å². The maximum Gasteiger partial charge on any atom is 0.139 e. The largest absolute Gasteiger partial charge is 0.346 e. The van der Waals surface area contributed by atoms with E-state index in [1.54, 1.807) is 0 Å². The highest BCUT2D eigenvalue weighted by Crippen LogP contribution is 2.29. The molecule has 0 amide bonds. The second kappa shape index (κ2) is 3.83. The number of hydrogen-bond acceptors (Lipinski definition) is 2. The zero-order valence-electron chi connectivity index (χ0n) is 10.3. The molecular weight excluding hydrogens is 224 g/mol. The van der Waals surface area contributed by atoms with Crippen LogP contribution in [0.5, 0.6) is 0 Å². The van der Waals surface area contributed by atoms with Gasteiger partial charge in [-0.25, -0.2) is 9.97 Å². The van der Waals surface area contributed by atoms with Gasteiger partial charge in [-0.2, -0.15) is 0 Å². The average Bonchev–Trinajstić information content (AvgIpc) is 3.08. The van der Waals surface area contributed by atoms with Gasteiger partial charge in [-0.1, -0.05) is 12.8 Å². The first-order valence-corrected chi connectivity index (χ1v) is 6.69. The van der Waals surface area contributed by atoms with Gasteiger partial charge in [-0.05, 0) is 24.8 Å². The highest BCUT2D eigenvalue weighted by Gasteiger charge is 2.17. The molecule has 4 heteroatoms. The molecule has 0 radical (unpaired) electrons. The zero-order chi connectivity index (χ0) is 11.9. The number of H-pyrrole nitrogens is 1. The minimum Gasteiger partial charge on any atom is -0.346 e. The van der Waals surface area contributed by atoms with Gasteiger partial charge in [0.1, 0.15) is 11.2 Å². The van der Waals surface area contributed by atoms with Crippen molar-refractivity contribution < 1.29 is 0 Å². The van der Waals surface area contributed by atoms with Crippen LogP contribution in [0.1, 0.15) is 25.7 Å².